The number of nitrogens with one attached hydrogen (secondary N) is 2. The molecule has 0 atom stereocenters. The highest BCUT2D eigenvalue weighted by Crippen LogP contribution is 2.27. The van der Waals surface area contributed by atoms with E-state index in [0.29, 0.717) is 10.2 Å². The molecule has 0 radical (unpaired) electrons. The molecule has 0 heterocycles. The van der Waals surface area contributed by atoms with Crippen LogP contribution in [0.4, 0.5) is 18.9 Å². The van der Waals surface area contributed by atoms with Gasteiger partial charge in [-0.15, -0.1) is 0 Å². The Labute approximate surface area is 117 Å². The maximum absolute atomic E-state index is 11.9. The zero-order valence-corrected chi connectivity index (χ0v) is 12.1. The third kappa shape index (κ3) is 5.61. The molecule has 0 bridgehead atoms. The van der Waals surface area contributed by atoms with E-state index >= 15 is 0 Å². The molecule has 7 heteroatoms. The lowest BCUT2D eigenvalue weighted by molar-refractivity contribution is -0.126. The van der Waals surface area contributed by atoms with Gasteiger partial charge in [0, 0.05) is 4.47 Å². The van der Waals surface area contributed by atoms with Gasteiger partial charge in [0.15, 0.2) is 0 Å². The summed E-state index contributed by atoms with van der Waals surface area (Å²) < 4.78 is 36.4. The number of carbonyl (C=O) groups is 1. The second-order valence-electron chi connectivity index (χ2n) is 4.21. The standard InChI is InChI=1S/C12H14BrF3N2O/c1-7-3-8(2)11(9(13)4-7)18-10(19)5-17-6-12(14,15)16/h3-4,17H,5-6H2,1-2H3,(H,18,19). The number of halogens is 4. The molecule has 0 aliphatic rings. The highest BCUT2D eigenvalue weighted by molar-refractivity contribution is 9.10. The van der Waals surface area contributed by atoms with Gasteiger partial charge in [-0.2, -0.15) is 13.2 Å². The number of aryl methyl sites for hydroxylation is 2. The topological polar surface area (TPSA) is 41.1 Å². The molecule has 1 aromatic carbocycles. The molecule has 0 aliphatic heterocycles. The lowest BCUT2D eigenvalue weighted by atomic mass is 10.1. The first kappa shape index (κ1) is 16.0. The van der Waals surface area contributed by atoms with Gasteiger partial charge in [-0.05, 0) is 47.0 Å². The summed E-state index contributed by atoms with van der Waals surface area (Å²) >= 11 is 3.31. The maximum atomic E-state index is 11.9. The predicted octanol–water partition coefficient (Wildman–Crippen LogP) is 3.16. The zero-order valence-electron chi connectivity index (χ0n) is 10.5. The molecule has 0 fully saturated rings. The number of alkyl halides is 3. The van der Waals surface area contributed by atoms with Gasteiger partial charge in [-0.25, -0.2) is 0 Å². The number of rotatable bonds is 4. The van der Waals surface area contributed by atoms with Crippen LogP contribution in [0.25, 0.3) is 0 Å². The van der Waals surface area contributed by atoms with E-state index in [0.717, 1.165) is 11.1 Å². The fourth-order valence-corrected chi connectivity index (χ4v) is 2.35. The van der Waals surface area contributed by atoms with Gasteiger partial charge in [0.05, 0.1) is 18.8 Å². The number of carbonyl (C=O) groups excluding carboxylic acids is 1. The van der Waals surface area contributed by atoms with E-state index in [-0.39, 0.29) is 6.54 Å². The Hall–Kier alpha value is -1.08. The van der Waals surface area contributed by atoms with E-state index in [4.69, 9.17) is 0 Å². The van der Waals surface area contributed by atoms with Crippen molar-refractivity contribution in [3.63, 3.8) is 0 Å². The zero-order chi connectivity index (χ0) is 14.6. The molecule has 0 saturated carbocycles. The molecular formula is C12H14BrF3N2O. The summed E-state index contributed by atoms with van der Waals surface area (Å²) in [5.74, 6) is -0.517. The molecule has 0 aliphatic carbocycles. The van der Waals surface area contributed by atoms with Crippen molar-refractivity contribution >= 4 is 27.5 Å². The van der Waals surface area contributed by atoms with E-state index in [9.17, 15) is 18.0 Å². The Morgan fingerprint density at radius 1 is 1.32 bits per heavy atom. The molecule has 2 N–H and O–H groups in total. The summed E-state index contributed by atoms with van der Waals surface area (Å²) in [7, 11) is 0. The monoisotopic (exact) mass is 338 g/mol. The predicted molar refractivity (Wildman–Crippen MR) is 71.2 cm³/mol. The average Bonchev–Trinajstić information content (AvgIpc) is 2.21. The number of hydrogen-bond donors (Lipinski definition) is 2. The summed E-state index contributed by atoms with van der Waals surface area (Å²) in [5, 5.41) is 4.62. The van der Waals surface area contributed by atoms with Crippen LogP contribution in [0, 0.1) is 13.8 Å². The van der Waals surface area contributed by atoms with Gasteiger partial charge in [-0.1, -0.05) is 6.07 Å². The maximum Gasteiger partial charge on any atom is 0.401 e. The van der Waals surface area contributed by atoms with E-state index in [2.05, 4.69) is 21.2 Å². The second-order valence-corrected chi connectivity index (χ2v) is 5.06. The van der Waals surface area contributed by atoms with Crippen molar-refractivity contribution in [2.75, 3.05) is 18.4 Å². The van der Waals surface area contributed by atoms with Gasteiger partial charge < -0.3 is 10.6 Å². The molecule has 1 aromatic rings. The van der Waals surface area contributed by atoms with Crippen LogP contribution < -0.4 is 10.6 Å². The summed E-state index contributed by atoms with van der Waals surface area (Å²) in [5.41, 5.74) is 2.44. The Morgan fingerprint density at radius 2 is 1.95 bits per heavy atom. The van der Waals surface area contributed by atoms with Gasteiger partial charge in [0.25, 0.3) is 0 Å². The minimum Gasteiger partial charge on any atom is -0.324 e. The first-order valence-corrected chi connectivity index (χ1v) is 6.32. The van der Waals surface area contributed by atoms with Crippen LogP contribution in [-0.4, -0.2) is 25.2 Å². The van der Waals surface area contributed by atoms with Crippen molar-refractivity contribution in [1.82, 2.24) is 5.32 Å². The van der Waals surface area contributed by atoms with Gasteiger partial charge >= 0.3 is 6.18 Å². The number of amides is 1. The van der Waals surface area contributed by atoms with Crippen LogP contribution in [-0.2, 0) is 4.79 Å². The summed E-state index contributed by atoms with van der Waals surface area (Å²) in [6, 6.07) is 3.70. The molecule has 19 heavy (non-hydrogen) atoms. The van der Waals surface area contributed by atoms with E-state index in [1.165, 1.54) is 0 Å². The fourth-order valence-electron chi connectivity index (χ4n) is 1.58. The smallest absolute Gasteiger partial charge is 0.324 e. The molecular weight excluding hydrogens is 325 g/mol. The third-order valence-electron chi connectivity index (χ3n) is 2.31. The van der Waals surface area contributed by atoms with E-state index in [1.807, 2.05) is 31.3 Å². The normalized spacial score (nSPS) is 11.5. The molecule has 0 unspecified atom stereocenters. The van der Waals surface area contributed by atoms with Crippen LogP contribution in [0.15, 0.2) is 16.6 Å². The molecule has 106 valence electrons. The first-order chi connectivity index (χ1) is 8.69. The van der Waals surface area contributed by atoms with Crippen molar-refractivity contribution in [2.45, 2.75) is 20.0 Å². The van der Waals surface area contributed by atoms with Crippen molar-refractivity contribution in [3.05, 3.63) is 27.7 Å². The average molecular weight is 339 g/mol. The number of benzene rings is 1. The minimum absolute atomic E-state index is 0.390. The fraction of sp³-hybridized carbons (Fsp3) is 0.417. The molecule has 1 amide bonds. The van der Waals surface area contributed by atoms with Crippen LogP contribution in [0.1, 0.15) is 11.1 Å². The highest BCUT2D eigenvalue weighted by atomic mass is 79.9. The molecule has 0 aromatic heterocycles. The quantitative estimate of drug-likeness (QED) is 0.885. The summed E-state index contributed by atoms with van der Waals surface area (Å²) in [4.78, 5) is 11.5. The Morgan fingerprint density at radius 3 is 2.47 bits per heavy atom. The van der Waals surface area contributed by atoms with Crippen molar-refractivity contribution in [3.8, 4) is 0 Å². The molecule has 1 rings (SSSR count). The minimum atomic E-state index is -4.32. The van der Waals surface area contributed by atoms with Gasteiger partial charge in [0.2, 0.25) is 5.91 Å². The van der Waals surface area contributed by atoms with Crippen LogP contribution in [0.5, 0.6) is 0 Å². The molecule has 3 nitrogen and oxygen atoms in total. The third-order valence-corrected chi connectivity index (χ3v) is 2.93. The Kier molecular flexibility index (Phi) is 5.37. The summed E-state index contributed by atoms with van der Waals surface area (Å²) in [6.07, 6.45) is -4.32. The van der Waals surface area contributed by atoms with Gasteiger partial charge in [-0.3, -0.25) is 4.79 Å². The second kappa shape index (κ2) is 6.38. The van der Waals surface area contributed by atoms with Gasteiger partial charge in [0.1, 0.15) is 0 Å². The van der Waals surface area contributed by atoms with Crippen LogP contribution in [0.3, 0.4) is 0 Å². The van der Waals surface area contributed by atoms with E-state index in [1.54, 1.807) is 0 Å². The van der Waals surface area contributed by atoms with Crippen LogP contribution >= 0.6 is 15.9 Å². The summed E-state index contributed by atoms with van der Waals surface area (Å²) in [6.45, 7) is 2.15. The number of hydrogen-bond acceptors (Lipinski definition) is 2. The van der Waals surface area contributed by atoms with Crippen molar-refractivity contribution < 1.29 is 18.0 Å². The lowest BCUT2D eigenvalue weighted by Gasteiger charge is -2.12. The number of anilines is 1. The Bertz CT molecular complexity index is 452. The molecule has 0 saturated heterocycles. The lowest BCUT2D eigenvalue weighted by Crippen LogP contribution is -2.35. The van der Waals surface area contributed by atoms with E-state index < -0.39 is 18.6 Å². The highest BCUT2D eigenvalue weighted by Gasteiger charge is 2.26. The largest absolute Gasteiger partial charge is 0.401 e. The van der Waals surface area contributed by atoms with Crippen molar-refractivity contribution in [2.24, 2.45) is 0 Å². The molecule has 0 spiro atoms. The SMILES string of the molecule is Cc1cc(C)c(NC(=O)CNCC(F)(F)F)c(Br)c1. The van der Waals surface area contributed by atoms with Crippen LogP contribution in [0.2, 0.25) is 0 Å². The first-order valence-electron chi connectivity index (χ1n) is 5.53. The van der Waals surface area contributed by atoms with Crippen molar-refractivity contribution in [1.29, 1.82) is 0 Å². The Balaban J connectivity index is 2.58.